The molecule has 1 rings (SSSR count). The highest BCUT2D eigenvalue weighted by Crippen LogP contribution is 2.12. The largest absolute Gasteiger partial charge is 0.438 e. The van der Waals surface area contributed by atoms with E-state index in [1.165, 1.54) is 32.1 Å². The first-order valence-corrected chi connectivity index (χ1v) is 6.15. The maximum absolute atomic E-state index is 10.4. The topological polar surface area (TPSA) is 42.2 Å². The number of hydrogen-bond donors (Lipinski definition) is 1. The lowest BCUT2D eigenvalue weighted by molar-refractivity contribution is 0.110. The van der Waals surface area contributed by atoms with E-state index in [0.29, 0.717) is 11.6 Å². The molecule has 0 fully saturated rings. The van der Waals surface area contributed by atoms with Gasteiger partial charge < -0.3 is 9.73 Å². The van der Waals surface area contributed by atoms with Gasteiger partial charge in [-0.25, -0.2) is 0 Å². The van der Waals surface area contributed by atoms with Crippen molar-refractivity contribution in [3.63, 3.8) is 0 Å². The Balaban J connectivity index is 2.00. The van der Waals surface area contributed by atoms with E-state index in [0.717, 1.165) is 19.3 Å². The number of unbranched alkanes of at least 4 members (excludes halogenated alkanes) is 5. The van der Waals surface area contributed by atoms with Crippen LogP contribution in [0.3, 0.4) is 0 Å². The fourth-order valence-corrected chi connectivity index (χ4v) is 1.63. The van der Waals surface area contributed by atoms with Crippen LogP contribution in [-0.2, 0) is 0 Å². The van der Waals surface area contributed by atoms with E-state index in [1.54, 1.807) is 12.1 Å². The Morgan fingerprint density at radius 3 is 2.62 bits per heavy atom. The zero-order valence-corrected chi connectivity index (χ0v) is 10.00. The number of rotatable bonds is 9. The van der Waals surface area contributed by atoms with Gasteiger partial charge in [0.1, 0.15) is 0 Å². The van der Waals surface area contributed by atoms with Crippen molar-refractivity contribution in [2.45, 2.75) is 45.4 Å². The monoisotopic (exact) mass is 223 g/mol. The average Bonchev–Trinajstić information content (AvgIpc) is 2.76. The predicted octanol–water partition coefficient (Wildman–Crippen LogP) is 3.86. The van der Waals surface area contributed by atoms with Crippen molar-refractivity contribution in [2.75, 3.05) is 11.9 Å². The summed E-state index contributed by atoms with van der Waals surface area (Å²) in [6, 6.07) is 3.47. The molecule has 3 nitrogen and oxygen atoms in total. The number of anilines is 1. The number of nitrogens with one attached hydrogen (secondary N) is 1. The summed E-state index contributed by atoms with van der Waals surface area (Å²) in [7, 11) is 0. The lowest BCUT2D eigenvalue weighted by Gasteiger charge is -2.02. The molecule has 0 aliphatic heterocycles. The first-order valence-electron chi connectivity index (χ1n) is 6.15. The standard InChI is InChI=1S/C13H21NO2/c1-2-3-4-5-6-7-10-14-13-9-8-12(11-15)16-13/h8-9,11,14H,2-7,10H2,1H3. The first kappa shape index (κ1) is 12.8. The lowest BCUT2D eigenvalue weighted by Crippen LogP contribution is -1.99. The molecule has 0 unspecified atom stereocenters. The SMILES string of the molecule is CCCCCCCCNc1ccc(C=O)o1. The number of carbonyl (C=O) groups excluding carboxylic acids is 1. The van der Waals surface area contributed by atoms with Crippen molar-refractivity contribution in [1.29, 1.82) is 0 Å². The summed E-state index contributed by atoms with van der Waals surface area (Å²) in [5, 5.41) is 3.16. The summed E-state index contributed by atoms with van der Waals surface area (Å²) in [6.45, 7) is 3.14. The van der Waals surface area contributed by atoms with Crippen LogP contribution in [0.2, 0.25) is 0 Å². The van der Waals surface area contributed by atoms with Crippen LogP contribution in [-0.4, -0.2) is 12.8 Å². The van der Waals surface area contributed by atoms with Gasteiger partial charge in [0.15, 0.2) is 17.9 Å². The van der Waals surface area contributed by atoms with Crippen LogP contribution in [0.1, 0.15) is 56.0 Å². The minimum absolute atomic E-state index is 0.380. The van der Waals surface area contributed by atoms with E-state index < -0.39 is 0 Å². The van der Waals surface area contributed by atoms with Crippen LogP contribution in [0.4, 0.5) is 5.88 Å². The fourth-order valence-electron chi connectivity index (χ4n) is 1.63. The van der Waals surface area contributed by atoms with E-state index >= 15 is 0 Å². The van der Waals surface area contributed by atoms with Crippen LogP contribution < -0.4 is 5.32 Å². The number of furan rings is 1. The van der Waals surface area contributed by atoms with Gasteiger partial charge in [-0.05, 0) is 12.5 Å². The molecule has 0 atom stereocenters. The van der Waals surface area contributed by atoms with Gasteiger partial charge in [-0.1, -0.05) is 39.0 Å². The van der Waals surface area contributed by atoms with Crippen molar-refractivity contribution >= 4 is 12.2 Å². The van der Waals surface area contributed by atoms with E-state index in [9.17, 15) is 4.79 Å². The van der Waals surface area contributed by atoms with Crippen molar-refractivity contribution in [2.24, 2.45) is 0 Å². The Morgan fingerprint density at radius 2 is 1.94 bits per heavy atom. The minimum atomic E-state index is 0.380. The molecule has 0 saturated carbocycles. The molecular weight excluding hydrogens is 202 g/mol. The van der Waals surface area contributed by atoms with E-state index in [-0.39, 0.29) is 0 Å². The molecule has 3 heteroatoms. The van der Waals surface area contributed by atoms with Crippen LogP contribution in [0.25, 0.3) is 0 Å². The van der Waals surface area contributed by atoms with Gasteiger partial charge in [0.25, 0.3) is 0 Å². The molecule has 0 aromatic carbocycles. The second-order valence-electron chi connectivity index (χ2n) is 4.01. The molecule has 16 heavy (non-hydrogen) atoms. The highest BCUT2D eigenvalue weighted by Gasteiger charge is 1.98. The molecule has 0 radical (unpaired) electrons. The summed E-state index contributed by atoms with van der Waals surface area (Å²) in [5.74, 6) is 1.07. The van der Waals surface area contributed by atoms with E-state index in [1.807, 2.05) is 0 Å². The third-order valence-corrected chi connectivity index (χ3v) is 2.57. The average molecular weight is 223 g/mol. The van der Waals surface area contributed by atoms with Gasteiger partial charge in [0, 0.05) is 12.6 Å². The Bertz CT molecular complexity index is 294. The molecular formula is C13H21NO2. The first-order chi connectivity index (χ1) is 7.86. The van der Waals surface area contributed by atoms with Crippen molar-refractivity contribution in [3.8, 4) is 0 Å². The Labute approximate surface area is 97.2 Å². The van der Waals surface area contributed by atoms with Crippen LogP contribution in [0.15, 0.2) is 16.5 Å². The molecule has 1 aromatic heterocycles. The zero-order valence-electron chi connectivity index (χ0n) is 10.00. The Kier molecular flexibility index (Phi) is 6.38. The number of carbonyl (C=O) groups is 1. The Morgan fingerprint density at radius 1 is 1.19 bits per heavy atom. The molecule has 0 saturated heterocycles. The molecule has 1 aromatic rings. The van der Waals surface area contributed by atoms with Crippen LogP contribution in [0, 0.1) is 0 Å². The molecule has 0 spiro atoms. The van der Waals surface area contributed by atoms with Gasteiger partial charge in [0.05, 0.1) is 0 Å². The highest BCUT2D eigenvalue weighted by molar-refractivity contribution is 5.71. The zero-order chi connectivity index (χ0) is 11.6. The third-order valence-electron chi connectivity index (χ3n) is 2.57. The lowest BCUT2D eigenvalue weighted by atomic mass is 10.1. The summed E-state index contributed by atoms with van der Waals surface area (Å²) in [6.07, 6.45) is 8.41. The molecule has 0 amide bonds. The highest BCUT2D eigenvalue weighted by atomic mass is 16.4. The molecule has 1 heterocycles. The van der Waals surface area contributed by atoms with E-state index in [2.05, 4.69) is 12.2 Å². The quantitative estimate of drug-likeness (QED) is 0.510. The molecule has 90 valence electrons. The summed E-state index contributed by atoms with van der Waals surface area (Å²) >= 11 is 0. The van der Waals surface area contributed by atoms with Crippen molar-refractivity contribution in [1.82, 2.24) is 0 Å². The predicted molar refractivity (Wildman–Crippen MR) is 66.0 cm³/mol. The number of hydrogen-bond acceptors (Lipinski definition) is 3. The van der Waals surface area contributed by atoms with Gasteiger partial charge in [-0.15, -0.1) is 0 Å². The maximum atomic E-state index is 10.4. The minimum Gasteiger partial charge on any atom is -0.438 e. The van der Waals surface area contributed by atoms with Gasteiger partial charge in [-0.2, -0.15) is 0 Å². The van der Waals surface area contributed by atoms with Gasteiger partial charge >= 0.3 is 0 Å². The van der Waals surface area contributed by atoms with E-state index in [4.69, 9.17) is 4.42 Å². The molecule has 0 bridgehead atoms. The van der Waals surface area contributed by atoms with Gasteiger partial charge in [0.2, 0.25) is 0 Å². The van der Waals surface area contributed by atoms with Crippen molar-refractivity contribution < 1.29 is 9.21 Å². The fraction of sp³-hybridized carbons (Fsp3) is 0.615. The summed E-state index contributed by atoms with van der Waals surface area (Å²) in [4.78, 5) is 10.4. The third kappa shape index (κ3) is 5.01. The number of aldehydes is 1. The van der Waals surface area contributed by atoms with Crippen LogP contribution >= 0.6 is 0 Å². The molecule has 0 aliphatic carbocycles. The van der Waals surface area contributed by atoms with Crippen LogP contribution in [0.5, 0.6) is 0 Å². The normalized spacial score (nSPS) is 10.3. The molecule has 1 N–H and O–H groups in total. The maximum Gasteiger partial charge on any atom is 0.193 e. The van der Waals surface area contributed by atoms with Crippen molar-refractivity contribution in [3.05, 3.63) is 17.9 Å². The Hall–Kier alpha value is -1.25. The second kappa shape index (κ2) is 7.97. The van der Waals surface area contributed by atoms with Gasteiger partial charge in [-0.3, -0.25) is 4.79 Å². The molecule has 0 aliphatic rings. The summed E-state index contributed by atoms with van der Waals surface area (Å²) in [5.41, 5.74) is 0. The smallest absolute Gasteiger partial charge is 0.193 e. The second-order valence-corrected chi connectivity index (χ2v) is 4.01. The summed E-state index contributed by atoms with van der Waals surface area (Å²) < 4.78 is 5.20.